The van der Waals surface area contributed by atoms with E-state index in [0.717, 1.165) is 43.5 Å². The molecule has 3 amide bonds. The summed E-state index contributed by atoms with van der Waals surface area (Å²) in [5.41, 5.74) is -1.24. The van der Waals surface area contributed by atoms with E-state index in [1.807, 2.05) is 0 Å². The molecule has 9 nitrogen and oxygen atoms in total. The maximum Gasteiger partial charge on any atom is 0.264 e. The lowest BCUT2D eigenvalue weighted by molar-refractivity contribution is -0.114. The second-order valence-electron chi connectivity index (χ2n) is 7.06. The van der Waals surface area contributed by atoms with Gasteiger partial charge in [0.05, 0.1) is 50.9 Å². The van der Waals surface area contributed by atoms with Crippen molar-refractivity contribution in [1.29, 1.82) is 0 Å². The van der Waals surface area contributed by atoms with Gasteiger partial charge in [-0.3, -0.25) is 19.3 Å². The van der Waals surface area contributed by atoms with E-state index >= 15 is 0 Å². The Kier molecular flexibility index (Phi) is 4.34. The molecule has 0 fully saturated rings. The van der Waals surface area contributed by atoms with Gasteiger partial charge in [-0.25, -0.2) is 12.8 Å². The van der Waals surface area contributed by atoms with Gasteiger partial charge in [-0.05, 0) is 29.8 Å². The molecule has 32 heavy (non-hydrogen) atoms. The van der Waals surface area contributed by atoms with Crippen LogP contribution in [0.15, 0.2) is 30.3 Å². The van der Waals surface area contributed by atoms with Gasteiger partial charge in [0.15, 0.2) is 11.5 Å². The molecule has 1 N–H and O–H groups in total. The SMILES string of the molecule is [2H]C([2H])([2H])Oc1ccc(C(CS(C)(=O)=O)N2C(=O)c3cc(F)cc(NC(C)=O)c3C2=O)cc1OC([2H])([2H])[2H]. The van der Waals surface area contributed by atoms with Gasteiger partial charge in [0.1, 0.15) is 15.7 Å². The van der Waals surface area contributed by atoms with Crippen LogP contribution in [0, 0.1) is 5.82 Å². The minimum absolute atomic E-state index is 0.136. The average molecular weight is 471 g/mol. The lowest BCUT2D eigenvalue weighted by atomic mass is 10.1. The molecular formula is C21H21FN2O7S. The maximum absolute atomic E-state index is 14.2. The van der Waals surface area contributed by atoms with Crippen molar-refractivity contribution >= 4 is 33.2 Å². The van der Waals surface area contributed by atoms with E-state index in [1.54, 1.807) is 0 Å². The quantitative estimate of drug-likeness (QED) is 0.616. The molecule has 1 heterocycles. The number of imide groups is 1. The number of amides is 3. The highest BCUT2D eigenvalue weighted by Crippen LogP contribution is 2.38. The standard InChI is InChI=1S/C21H21FN2O7S/c1-11(25)23-15-9-13(22)8-14-19(15)21(27)24(20(14)26)16(10-32(4,28)29)12-5-6-17(30-2)18(7-12)31-3/h5-9,16H,10H2,1-4H3,(H,23,25)/i2D3,3D3. The number of carbonyl (C=O) groups is 3. The predicted octanol–water partition coefficient (Wildman–Crippen LogP) is 2.18. The predicted molar refractivity (Wildman–Crippen MR) is 113 cm³/mol. The van der Waals surface area contributed by atoms with Gasteiger partial charge in [-0.1, -0.05) is 6.07 Å². The number of rotatable bonds is 7. The van der Waals surface area contributed by atoms with E-state index in [2.05, 4.69) is 5.32 Å². The molecule has 1 unspecified atom stereocenters. The zero-order valence-electron chi connectivity index (χ0n) is 22.8. The van der Waals surface area contributed by atoms with E-state index < -0.39 is 76.3 Å². The summed E-state index contributed by atoms with van der Waals surface area (Å²) in [4.78, 5) is 38.8. The van der Waals surface area contributed by atoms with E-state index in [-0.39, 0.29) is 16.8 Å². The van der Waals surface area contributed by atoms with Crippen molar-refractivity contribution in [3.63, 3.8) is 0 Å². The fraction of sp³-hybridized carbons (Fsp3) is 0.286. The Bertz CT molecular complexity index is 1430. The number of hydrogen-bond acceptors (Lipinski definition) is 7. The summed E-state index contributed by atoms with van der Waals surface area (Å²) in [6.07, 6.45) is 0.826. The fourth-order valence-corrected chi connectivity index (χ4v) is 4.34. The molecule has 1 aliphatic rings. The molecule has 0 bridgehead atoms. The zero-order valence-corrected chi connectivity index (χ0v) is 17.6. The molecule has 0 saturated heterocycles. The van der Waals surface area contributed by atoms with Gasteiger partial charge in [-0.15, -0.1) is 0 Å². The van der Waals surface area contributed by atoms with Crippen LogP contribution >= 0.6 is 0 Å². The Morgan fingerprint density at radius 1 is 1.16 bits per heavy atom. The van der Waals surface area contributed by atoms with E-state index in [0.29, 0.717) is 4.90 Å². The molecule has 2 aromatic rings. The lowest BCUT2D eigenvalue weighted by Gasteiger charge is -2.26. The Hall–Kier alpha value is -3.47. The van der Waals surface area contributed by atoms with Crippen LogP contribution in [0.2, 0.25) is 0 Å². The van der Waals surface area contributed by atoms with Crippen LogP contribution in [0.5, 0.6) is 11.5 Å². The van der Waals surface area contributed by atoms with Crippen LogP contribution in [0.25, 0.3) is 0 Å². The first-order valence-corrected chi connectivity index (χ1v) is 11.0. The lowest BCUT2D eigenvalue weighted by Crippen LogP contribution is -2.37. The monoisotopic (exact) mass is 470 g/mol. The summed E-state index contributed by atoms with van der Waals surface area (Å²) in [5, 5.41) is 2.26. The van der Waals surface area contributed by atoms with E-state index in [9.17, 15) is 27.2 Å². The van der Waals surface area contributed by atoms with E-state index in [4.69, 9.17) is 17.7 Å². The number of nitrogens with zero attached hydrogens (tertiary/aromatic N) is 1. The normalized spacial score (nSPS) is 17.8. The third-order valence-corrected chi connectivity index (χ3v) is 5.56. The number of ether oxygens (including phenoxy) is 2. The first kappa shape index (κ1) is 16.2. The van der Waals surface area contributed by atoms with Gasteiger partial charge >= 0.3 is 0 Å². The Morgan fingerprint density at radius 3 is 2.47 bits per heavy atom. The first-order chi connectivity index (χ1) is 17.3. The van der Waals surface area contributed by atoms with Gasteiger partial charge in [0.2, 0.25) is 5.91 Å². The molecule has 1 aliphatic heterocycles. The van der Waals surface area contributed by atoms with Crippen molar-refractivity contribution < 1.29 is 44.9 Å². The molecule has 1 atom stereocenters. The number of halogens is 1. The Labute approximate surface area is 192 Å². The van der Waals surface area contributed by atoms with Crippen LogP contribution in [0.3, 0.4) is 0 Å². The molecule has 11 heteroatoms. The Balaban J connectivity index is 2.19. The molecule has 3 rings (SSSR count). The van der Waals surface area contributed by atoms with Gasteiger partial charge < -0.3 is 14.8 Å². The smallest absolute Gasteiger partial charge is 0.264 e. The van der Waals surface area contributed by atoms with Crippen LogP contribution in [-0.4, -0.2) is 57.1 Å². The third kappa shape index (κ3) is 4.42. The minimum Gasteiger partial charge on any atom is -0.493 e. The molecule has 0 aliphatic carbocycles. The number of benzene rings is 2. The molecule has 2 aromatic carbocycles. The van der Waals surface area contributed by atoms with Gasteiger partial charge in [0, 0.05) is 13.2 Å². The number of nitrogens with one attached hydrogen (secondary N) is 1. The van der Waals surface area contributed by atoms with Crippen molar-refractivity contribution in [3.05, 3.63) is 52.8 Å². The molecule has 170 valence electrons. The van der Waals surface area contributed by atoms with Crippen LogP contribution < -0.4 is 14.8 Å². The topological polar surface area (TPSA) is 119 Å². The molecule has 0 saturated carbocycles. The van der Waals surface area contributed by atoms with Gasteiger partial charge in [-0.2, -0.15) is 0 Å². The summed E-state index contributed by atoms with van der Waals surface area (Å²) in [6, 6.07) is 3.04. The number of fused-ring (bicyclic) bond motifs is 1. The molecule has 0 spiro atoms. The molecule has 0 aromatic heterocycles. The highest BCUT2D eigenvalue weighted by Gasteiger charge is 2.44. The highest BCUT2D eigenvalue weighted by atomic mass is 32.2. The minimum atomic E-state index is -3.93. The second kappa shape index (κ2) is 8.58. The highest BCUT2D eigenvalue weighted by molar-refractivity contribution is 7.90. The summed E-state index contributed by atoms with van der Waals surface area (Å²) in [6.45, 7) is 1.10. The number of hydrogen-bond donors (Lipinski definition) is 1. The van der Waals surface area contributed by atoms with Crippen molar-refractivity contribution in [2.24, 2.45) is 0 Å². The third-order valence-electron chi connectivity index (χ3n) is 4.64. The van der Waals surface area contributed by atoms with Crippen molar-refractivity contribution in [2.45, 2.75) is 13.0 Å². The summed E-state index contributed by atoms with van der Waals surface area (Å²) >= 11 is 0. The summed E-state index contributed by atoms with van der Waals surface area (Å²) in [7, 11) is -10.0. The van der Waals surface area contributed by atoms with Crippen LogP contribution in [0.1, 0.15) is 47.5 Å². The zero-order chi connectivity index (χ0) is 28.8. The van der Waals surface area contributed by atoms with Crippen LogP contribution in [0.4, 0.5) is 10.1 Å². The van der Waals surface area contributed by atoms with Crippen molar-refractivity contribution in [1.82, 2.24) is 4.90 Å². The number of methoxy groups -OCH3 is 2. The van der Waals surface area contributed by atoms with Crippen molar-refractivity contribution in [2.75, 3.05) is 31.4 Å². The number of sulfone groups is 1. The van der Waals surface area contributed by atoms with E-state index in [1.165, 1.54) is 0 Å². The second-order valence-corrected chi connectivity index (χ2v) is 9.24. The number of anilines is 1. The number of carbonyl (C=O) groups excluding carboxylic acids is 3. The van der Waals surface area contributed by atoms with Crippen LogP contribution in [-0.2, 0) is 14.6 Å². The molecular weight excluding hydrogens is 443 g/mol. The maximum atomic E-state index is 14.2. The fourth-order valence-electron chi connectivity index (χ4n) is 3.42. The molecule has 0 radical (unpaired) electrons. The summed E-state index contributed by atoms with van der Waals surface area (Å²) in [5.74, 6) is -5.74. The van der Waals surface area contributed by atoms with Gasteiger partial charge in [0.25, 0.3) is 11.8 Å². The average Bonchev–Trinajstić information content (AvgIpc) is 2.94. The van der Waals surface area contributed by atoms with Crippen molar-refractivity contribution in [3.8, 4) is 11.5 Å². The largest absolute Gasteiger partial charge is 0.493 e. The Morgan fingerprint density at radius 2 is 1.84 bits per heavy atom. The first-order valence-electron chi connectivity index (χ1n) is 11.9. The summed E-state index contributed by atoms with van der Waals surface area (Å²) < 4.78 is 92.4.